The van der Waals surface area contributed by atoms with Crippen LogP contribution in [0.3, 0.4) is 0 Å². The Bertz CT molecular complexity index is 360. The highest BCUT2D eigenvalue weighted by atomic mass is 35.7. The zero-order valence-electron chi connectivity index (χ0n) is 7.76. The van der Waals surface area contributed by atoms with Crippen LogP contribution in [0, 0.1) is 0 Å². The maximum absolute atomic E-state index is 11.7. The molecule has 0 spiro atoms. The highest BCUT2D eigenvalue weighted by molar-refractivity contribution is 7.63. The number of carbonyl (C=O) groups is 1. The van der Waals surface area contributed by atoms with Gasteiger partial charge in [0.05, 0.1) is 0 Å². The van der Waals surface area contributed by atoms with E-state index in [1.165, 1.54) is 0 Å². The first kappa shape index (κ1) is 11.5. The Morgan fingerprint density at radius 2 is 1.79 bits per heavy atom. The van der Waals surface area contributed by atoms with Crippen LogP contribution >= 0.6 is 22.2 Å². The summed E-state index contributed by atoms with van der Waals surface area (Å²) in [7, 11) is 0. The van der Waals surface area contributed by atoms with Crippen molar-refractivity contribution in [3.63, 3.8) is 0 Å². The van der Waals surface area contributed by atoms with Crippen LogP contribution in [-0.2, 0) is 4.79 Å². The largest absolute Gasteiger partial charge is 0.353 e. The average Bonchev–Trinajstić information content (AvgIpc) is 2.18. The van der Waals surface area contributed by atoms with Crippen LogP contribution in [0.25, 0.3) is 0 Å². The number of hydrogen-bond donors (Lipinski definition) is 0. The third kappa shape index (κ3) is 2.26. The van der Waals surface area contributed by atoms with Gasteiger partial charge in [0, 0.05) is 0 Å². The Kier molecular flexibility index (Phi) is 3.53. The standard InChI is InChI=1S/C10H10Cl2OSi/c1-8(2)10(13)14(11,12)9-6-4-3-5-7-9/h3-7H,1H2,2H3. The van der Waals surface area contributed by atoms with Gasteiger partial charge in [-0.1, -0.05) is 36.9 Å². The van der Waals surface area contributed by atoms with Crippen LogP contribution < -0.4 is 5.19 Å². The SMILES string of the molecule is C=C(C)C(=O)[Si](Cl)(Cl)c1ccccc1. The monoisotopic (exact) mass is 244 g/mol. The number of rotatable bonds is 3. The van der Waals surface area contributed by atoms with Crippen molar-refractivity contribution in [1.29, 1.82) is 0 Å². The van der Waals surface area contributed by atoms with Gasteiger partial charge in [0.15, 0.2) is 5.41 Å². The third-order valence-electron chi connectivity index (χ3n) is 1.81. The van der Waals surface area contributed by atoms with E-state index in [2.05, 4.69) is 6.58 Å². The summed E-state index contributed by atoms with van der Waals surface area (Å²) in [5.41, 5.74) is 0.408. The zero-order chi connectivity index (χ0) is 10.8. The normalized spacial score (nSPS) is 11.1. The molecule has 14 heavy (non-hydrogen) atoms. The van der Waals surface area contributed by atoms with E-state index in [4.69, 9.17) is 22.2 Å². The summed E-state index contributed by atoms with van der Waals surface area (Å²) in [5.74, 6) is 0. The van der Waals surface area contributed by atoms with E-state index in [0.29, 0.717) is 10.8 Å². The minimum atomic E-state index is -3.04. The fourth-order valence-electron chi connectivity index (χ4n) is 1.05. The molecular weight excluding hydrogens is 235 g/mol. The predicted octanol–water partition coefficient (Wildman–Crippen LogP) is 2.50. The molecule has 0 heterocycles. The number of benzene rings is 1. The van der Waals surface area contributed by atoms with Crippen LogP contribution in [0.2, 0.25) is 0 Å². The van der Waals surface area contributed by atoms with E-state index in [9.17, 15) is 4.79 Å². The second-order valence-corrected chi connectivity index (χ2v) is 9.21. The zero-order valence-corrected chi connectivity index (χ0v) is 10.3. The fourth-order valence-corrected chi connectivity index (χ4v) is 4.18. The van der Waals surface area contributed by atoms with Crippen molar-refractivity contribution in [3.05, 3.63) is 42.5 Å². The molecule has 0 aliphatic carbocycles. The maximum Gasteiger partial charge on any atom is 0.353 e. The van der Waals surface area contributed by atoms with Crippen molar-refractivity contribution < 1.29 is 4.79 Å². The van der Waals surface area contributed by atoms with E-state index in [-0.39, 0.29) is 5.41 Å². The van der Waals surface area contributed by atoms with E-state index in [1.807, 2.05) is 18.2 Å². The quantitative estimate of drug-likeness (QED) is 0.454. The molecular formula is C10H10Cl2OSi. The predicted molar refractivity (Wildman–Crippen MR) is 63.4 cm³/mol. The molecule has 0 unspecified atom stereocenters. The van der Waals surface area contributed by atoms with Gasteiger partial charge in [-0.15, -0.1) is 22.2 Å². The number of halogens is 2. The number of hydrogen-bond acceptors (Lipinski definition) is 1. The van der Waals surface area contributed by atoms with Gasteiger partial charge in [0.25, 0.3) is 0 Å². The van der Waals surface area contributed by atoms with Gasteiger partial charge in [-0.3, -0.25) is 4.79 Å². The van der Waals surface area contributed by atoms with Gasteiger partial charge in [-0.05, 0) is 17.7 Å². The van der Waals surface area contributed by atoms with Crippen LogP contribution in [-0.4, -0.2) is 12.1 Å². The van der Waals surface area contributed by atoms with Crippen LogP contribution in [0.1, 0.15) is 6.92 Å². The molecule has 0 saturated carbocycles. The minimum Gasteiger partial charge on any atom is -0.297 e. The van der Waals surface area contributed by atoms with E-state index >= 15 is 0 Å². The molecule has 0 saturated heterocycles. The van der Waals surface area contributed by atoms with Gasteiger partial charge in [0.1, 0.15) is 0 Å². The van der Waals surface area contributed by atoms with Gasteiger partial charge < -0.3 is 0 Å². The summed E-state index contributed by atoms with van der Waals surface area (Å²) in [6, 6.07) is 9.02. The summed E-state index contributed by atoms with van der Waals surface area (Å²) in [6.07, 6.45) is 0. The summed E-state index contributed by atoms with van der Waals surface area (Å²) >= 11 is 12.2. The highest BCUT2D eigenvalue weighted by Crippen LogP contribution is 2.19. The molecule has 4 heteroatoms. The number of carbonyl (C=O) groups excluding carboxylic acids is 1. The second-order valence-electron chi connectivity index (χ2n) is 3.05. The second kappa shape index (κ2) is 4.30. The van der Waals surface area contributed by atoms with Crippen molar-refractivity contribution >= 4 is 39.4 Å². The van der Waals surface area contributed by atoms with Crippen molar-refractivity contribution in [2.75, 3.05) is 0 Å². The van der Waals surface area contributed by atoms with Crippen LogP contribution in [0.5, 0.6) is 0 Å². The van der Waals surface area contributed by atoms with Gasteiger partial charge >= 0.3 is 6.69 Å². The summed E-state index contributed by atoms with van der Waals surface area (Å²) in [5, 5.41) is 0.475. The molecule has 1 aromatic carbocycles. The molecule has 0 fully saturated rings. The molecule has 0 bridgehead atoms. The Morgan fingerprint density at radius 1 is 1.29 bits per heavy atom. The average molecular weight is 245 g/mol. The molecule has 0 aliphatic rings. The lowest BCUT2D eigenvalue weighted by Gasteiger charge is -2.15. The van der Waals surface area contributed by atoms with E-state index in [1.54, 1.807) is 19.1 Å². The maximum atomic E-state index is 11.7. The van der Waals surface area contributed by atoms with Crippen LogP contribution in [0.15, 0.2) is 42.5 Å². The van der Waals surface area contributed by atoms with Crippen molar-refractivity contribution in [3.8, 4) is 0 Å². The van der Waals surface area contributed by atoms with Gasteiger partial charge in [-0.2, -0.15) is 0 Å². The van der Waals surface area contributed by atoms with Crippen molar-refractivity contribution in [2.24, 2.45) is 0 Å². The first-order chi connectivity index (χ1) is 6.46. The Morgan fingerprint density at radius 3 is 2.21 bits per heavy atom. The molecule has 0 aromatic heterocycles. The minimum absolute atomic E-state index is 0.230. The molecule has 1 rings (SSSR count). The lowest BCUT2D eigenvalue weighted by Crippen LogP contribution is -2.45. The lowest BCUT2D eigenvalue weighted by atomic mass is 10.4. The number of allylic oxidation sites excluding steroid dienone is 1. The Hall–Kier alpha value is -0.573. The van der Waals surface area contributed by atoms with Crippen molar-refractivity contribution in [1.82, 2.24) is 0 Å². The Labute approximate surface area is 93.8 Å². The van der Waals surface area contributed by atoms with Crippen LogP contribution in [0.4, 0.5) is 0 Å². The van der Waals surface area contributed by atoms with Gasteiger partial charge in [-0.25, -0.2) is 0 Å². The molecule has 0 aliphatic heterocycles. The van der Waals surface area contributed by atoms with E-state index < -0.39 is 6.69 Å². The van der Waals surface area contributed by atoms with Gasteiger partial charge in [0.2, 0.25) is 0 Å². The summed E-state index contributed by atoms with van der Waals surface area (Å²) in [6.45, 7) is 2.15. The van der Waals surface area contributed by atoms with Crippen molar-refractivity contribution in [2.45, 2.75) is 6.92 Å². The first-order valence-corrected chi connectivity index (χ1v) is 8.12. The molecule has 0 N–H and O–H groups in total. The molecule has 0 radical (unpaired) electrons. The summed E-state index contributed by atoms with van der Waals surface area (Å²) in [4.78, 5) is 11.7. The smallest absolute Gasteiger partial charge is 0.297 e. The fraction of sp³-hybridized carbons (Fsp3) is 0.100. The topological polar surface area (TPSA) is 17.1 Å². The highest BCUT2D eigenvalue weighted by Gasteiger charge is 2.39. The molecule has 74 valence electrons. The lowest BCUT2D eigenvalue weighted by molar-refractivity contribution is -0.109. The molecule has 0 amide bonds. The molecule has 1 nitrogen and oxygen atoms in total. The summed E-state index contributed by atoms with van der Waals surface area (Å²) < 4.78 is 0. The molecule has 1 aromatic rings. The first-order valence-electron chi connectivity index (χ1n) is 4.10. The van der Waals surface area contributed by atoms with E-state index in [0.717, 1.165) is 0 Å². The Balaban J connectivity index is 3.08. The third-order valence-corrected chi connectivity index (χ3v) is 6.20. The molecule has 0 atom stereocenters.